The standard InChI is InChI=1S/C10H12BrClN2O3/c1-13(17-2)10(15)4-3-7-5-9(12)14(16)6-8(7)11/h5-6H,3-4H2,1-2H3. The van der Waals surface area contributed by atoms with Crippen molar-refractivity contribution in [3.05, 3.63) is 32.7 Å². The molecule has 1 heterocycles. The van der Waals surface area contributed by atoms with Crippen LogP contribution in [0.2, 0.25) is 5.15 Å². The Bertz CT molecular complexity index is 428. The van der Waals surface area contributed by atoms with E-state index in [1.165, 1.54) is 13.3 Å². The number of halogens is 2. The molecule has 0 fully saturated rings. The van der Waals surface area contributed by atoms with E-state index in [1.807, 2.05) is 0 Å². The van der Waals surface area contributed by atoms with Crippen LogP contribution in [-0.4, -0.2) is 25.1 Å². The van der Waals surface area contributed by atoms with Crippen LogP contribution >= 0.6 is 27.5 Å². The van der Waals surface area contributed by atoms with E-state index in [9.17, 15) is 10.0 Å². The molecule has 0 spiro atoms. The average molecular weight is 324 g/mol. The van der Waals surface area contributed by atoms with Gasteiger partial charge in [-0.3, -0.25) is 9.63 Å². The second-order valence-electron chi connectivity index (χ2n) is 3.37. The average Bonchev–Trinajstić information content (AvgIpc) is 2.30. The predicted molar refractivity (Wildman–Crippen MR) is 66.2 cm³/mol. The normalized spacial score (nSPS) is 10.4. The highest BCUT2D eigenvalue weighted by Crippen LogP contribution is 2.19. The highest BCUT2D eigenvalue weighted by molar-refractivity contribution is 9.10. The third kappa shape index (κ3) is 3.83. The van der Waals surface area contributed by atoms with E-state index < -0.39 is 0 Å². The summed E-state index contributed by atoms with van der Waals surface area (Å²) in [6.45, 7) is 0. The molecule has 0 saturated heterocycles. The molecule has 0 unspecified atom stereocenters. The van der Waals surface area contributed by atoms with E-state index in [4.69, 9.17) is 16.4 Å². The quantitative estimate of drug-likeness (QED) is 0.367. The number of hydrogen-bond acceptors (Lipinski definition) is 3. The summed E-state index contributed by atoms with van der Waals surface area (Å²) in [4.78, 5) is 16.3. The molecule has 1 aromatic heterocycles. The van der Waals surface area contributed by atoms with E-state index in [-0.39, 0.29) is 17.5 Å². The zero-order chi connectivity index (χ0) is 13.0. The van der Waals surface area contributed by atoms with Gasteiger partial charge in [-0.15, -0.1) is 0 Å². The molecule has 0 bridgehead atoms. The minimum atomic E-state index is -0.144. The summed E-state index contributed by atoms with van der Waals surface area (Å²) < 4.78 is 1.18. The summed E-state index contributed by atoms with van der Waals surface area (Å²) in [7, 11) is 2.97. The van der Waals surface area contributed by atoms with Crippen molar-refractivity contribution < 1.29 is 14.4 Å². The van der Waals surface area contributed by atoms with Crippen molar-refractivity contribution in [3.8, 4) is 0 Å². The first-order valence-electron chi connectivity index (χ1n) is 4.83. The number of pyridine rings is 1. The summed E-state index contributed by atoms with van der Waals surface area (Å²) in [6, 6.07) is 1.54. The van der Waals surface area contributed by atoms with Gasteiger partial charge in [-0.1, -0.05) is 0 Å². The minimum absolute atomic E-state index is 0.0794. The Hall–Kier alpha value is -0.850. The van der Waals surface area contributed by atoms with E-state index >= 15 is 0 Å². The molecule has 17 heavy (non-hydrogen) atoms. The number of carbonyl (C=O) groups is 1. The Balaban J connectivity index is 2.70. The maximum atomic E-state index is 11.5. The molecule has 1 rings (SSSR count). The van der Waals surface area contributed by atoms with Gasteiger partial charge in [-0.2, -0.15) is 4.73 Å². The Morgan fingerprint density at radius 1 is 1.71 bits per heavy atom. The second-order valence-corrected chi connectivity index (χ2v) is 4.61. The molecule has 0 aliphatic rings. The number of aromatic nitrogens is 1. The van der Waals surface area contributed by atoms with Gasteiger partial charge in [0.05, 0.1) is 11.6 Å². The lowest BCUT2D eigenvalue weighted by molar-refractivity contribution is -0.603. The van der Waals surface area contributed by atoms with Crippen LogP contribution in [0.1, 0.15) is 12.0 Å². The first-order valence-corrected chi connectivity index (χ1v) is 6.00. The highest BCUT2D eigenvalue weighted by atomic mass is 79.9. The van der Waals surface area contributed by atoms with Gasteiger partial charge < -0.3 is 5.21 Å². The van der Waals surface area contributed by atoms with E-state index in [1.54, 1.807) is 13.1 Å². The van der Waals surface area contributed by atoms with Gasteiger partial charge in [0.2, 0.25) is 5.91 Å². The highest BCUT2D eigenvalue weighted by Gasteiger charge is 2.13. The maximum Gasteiger partial charge on any atom is 0.286 e. The lowest BCUT2D eigenvalue weighted by Gasteiger charge is -2.13. The predicted octanol–water partition coefficient (Wildman–Crippen LogP) is 1.69. The van der Waals surface area contributed by atoms with Crippen molar-refractivity contribution in [3.63, 3.8) is 0 Å². The number of amides is 1. The Kier molecular flexibility index (Phi) is 5.17. The third-order valence-electron chi connectivity index (χ3n) is 2.27. The number of rotatable bonds is 4. The largest absolute Gasteiger partial charge is 0.618 e. The zero-order valence-corrected chi connectivity index (χ0v) is 11.8. The third-order valence-corrected chi connectivity index (χ3v) is 3.26. The topological polar surface area (TPSA) is 56.5 Å². The second kappa shape index (κ2) is 6.18. The molecule has 5 nitrogen and oxygen atoms in total. The van der Waals surface area contributed by atoms with Gasteiger partial charge >= 0.3 is 0 Å². The van der Waals surface area contributed by atoms with Crippen LogP contribution in [0.5, 0.6) is 0 Å². The fourth-order valence-electron chi connectivity index (χ4n) is 1.22. The molecular formula is C10H12BrClN2O3. The summed E-state index contributed by atoms with van der Waals surface area (Å²) in [5.74, 6) is -0.144. The first kappa shape index (κ1) is 14.2. The molecule has 0 aromatic carbocycles. The Labute approximate surface area is 113 Å². The van der Waals surface area contributed by atoms with Gasteiger partial charge in [0.25, 0.3) is 5.15 Å². The zero-order valence-electron chi connectivity index (χ0n) is 9.44. The summed E-state index contributed by atoms with van der Waals surface area (Å²) in [6.07, 6.45) is 2.08. The van der Waals surface area contributed by atoms with Crippen LogP contribution < -0.4 is 4.73 Å². The minimum Gasteiger partial charge on any atom is -0.618 e. The molecule has 0 aliphatic heterocycles. The SMILES string of the molecule is CON(C)C(=O)CCc1cc(Cl)[n+]([O-])cc1Br. The molecule has 7 heteroatoms. The van der Waals surface area contributed by atoms with Crippen LogP contribution in [0, 0.1) is 5.21 Å². The molecule has 94 valence electrons. The van der Waals surface area contributed by atoms with E-state index in [2.05, 4.69) is 15.9 Å². The summed E-state index contributed by atoms with van der Waals surface area (Å²) in [5.41, 5.74) is 0.806. The molecule has 0 radical (unpaired) electrons. The van der Waals surface area contributed by atoms with Crippen molar-refractivity contribution in [1.29, 1.82) is 0 Å². The molecule has 1 aromatic rings. The first-order chi connectivity index (χ1) is 7.95. The molecule has 0 aliphatic carbocycles. The summed E-state index contributed by atoms with van der Waals surface area (Å²) in [5, 5.41) is 12.4. The number of nitrogens with zero attached hydrogens (tertiary/aromatic N) is 2. The number of carbonyl (C=O) groups excluding carboxylic acids is 1. The smallest absolute Gasteiger partial charge is 0.286 e. The van der Waals surface area contributed by atoms with Crippen LogP contribution in [0.15, 0.2) is 16.7 Å². The Morgan fingerprint density at radius 2 is 2.35 bits per heavy atom. The van der Waals surface area contributed by atoms with E-state index in [0.29, 0.717) is 15.6 Å². The van der Waals surface area contributed by atoms with Gasteiger partial charge in [0.1, 0.15) is 0 Å². The van der Waals surface area contributed by atoms with Gasteiger partial charge in [0, 0.05) is 19.5 Å². The van der Waals surface area contributed by atoms with Gasteiger partial charge in [0.15, 0.2) is 6.20 Å². The number of hydrogen-bond donors (Lipinski definition) is 0. The van der Waals surface area contributed by atoms with E-state index in [0.717, 1.165) is 10.6 Å². The van der Waals surface area contributed by atoms with Crippen molar-refractivity contribution in [2.45, 2.75) is 12.8 Å². The molecular weight excluding hydrogens is 311 g/mol. The van der Waals surface area contributed by atoms with Crippen LogP contribution in [-0.2, 0) is 16.1 Å². The lowest BCUT2D eigenvalue weighted by Crippen LogP contribution is -2.28. The fraction of sp³-hybridized carbons (Fsp3) is 0.400. The van der Waals surface area contributed by atoms with Crippen LogP contribution in [0.25, 0.3) is 0 Å². The fourth-order valence-corrected chi connectivity index (χ4v) is 1.90. The number of hydroxylamine groups is 2. The molecule has 0 N–H and O–H groups in total. The van der Waals surface area contributed by atoms with Gasteiger partial charge in [-0.25, -0.2) is 5.06 Å². The molecule has 0 saturated carbocycles. The van der Waals surface area contributed by atoms with Crippen molar-refractivity contribution in [2.75, 3.05) is 14.2 Å². The maximum absolute atomic E-state index is 11.5. The molecule has 0 atom stereocenters. The van der Waals surface area contributed by atoms with Crippen molar-refractivity contribution >= 4 is 33.4 Å². The monoisotopic (exact) mass is 322 g/mol. The van der Waals surface area contributed by atoms with Gasteiger partial charge in [-0.05, 0) is 39.5 Å². The lowest BCUT2D eigenvalue weighted by atomic mass is 10.1. The summed E-state index contributed by atoms with van der Waals surface area (Å²) >= 11 is 8.95. The van der Waals surface area contributed by atoms with Crippen LogP contribution in [0.3, 0.4) is 0 Å². The Morgan fingerprint density at radius 3 is 2.94 bits per heavy atom. The van der Waals surface area contributed by atoms with Crippen LogP contribution in [0.4, 0.5) is 0 Å². The van der Waals surface area contributed by atoms with Crippen molar-refractivity contribution in [1.82, 2.24) is 5.06 Å². The number of aryl methyl sites for hydroxylation is 1. The van der Waals surface area contributed by atoms with Crippen molar-refractivity contribution in [2.24, 2.45) is 0 Å². The molecule has 1 amide bonds.